The molecule has 6 heteroatoms. The number of nitrogens with zero attached hydrogens (tertiary/aromatic N) is 2. The number of hydrogen-bond acceptors (Lipinski definition) is 5. The van der Waals surface area contributed by atoms with Gasteiger partial charge in [0.2, 0.25) is 5.13 Å². The zero-order valence-electron chi connectivity index (χ0n) is 11.2. The van der Waals surface area contributed by atoms with E-state index < -0.39 is 0 Å². The zero-order valence-corrected chi connectivity index (χ0v) is 12.8. The third kappa shape index (κ3) is 3.34. The fourth-order valence-corrected chi connectivity index (χ4v) is 3.41. The molecule has 3 aromatic rings. The summed E-state index contributed by atoms with van der Waals surface area (Å²) in [6.07, 6.45) is 1.64. The molecule has 1 aromatic carbocycles. The molecular weight excluding hydrogens is 305 g/mol. The fraction of sp³-hybridized carbons (Fsp3) is 0.0667. The first kappa shape index (κ1) is 13.9. The average molecular weight is 317 g/mol. The number of aromatic nitrogens is 1. The number of thiophene rings is 1. The SMILES string of the molecule is Cc1sc(N/N=C\c2ccc(F)cc2)nc1-c1cccs1. The summed E-state index contributed by atoms with van der Waals surface area (Å²) in [5.41, 5.74) is 4.74. The Kier molecular flexibility index (Phi) is 4.08. The van der Waals surface area contributed by atoms with E-state index in [1.165, 1.54) is 12.1 Å². The molecule has 0 radical (unpaired) electrons. The van der Waals surface area contributed by atoms with Gasteiger partial charge in [-0.1, -0.05) is 18.2 Å². The lowest BCUT2D eigenvalue weighted by Crippen LogP contribution is -1.90. The maximum Gasteiger partial charge on any atom is 0.204 e. The highest BCUT2D eigenvalue weighted by atomic mass is 32.1. The van der Waals surface area contributed by atoms with Crippen LogP contribution in [0.5, 0.6) is 0 Å². The van der Waals surface area contributed by atoms with Crippen LogP contribution in [0.4, 0.5) is 9.52 Å². The first-order valence-corrected chi connectivity index (χ1v) is 7.98. The summed E-state index contributed by atoms with van der Waals surface area (Å²) < 4.78 is 12.8. The minimum absolute atomic E-state index is 0.253. The quantitative estimate of drug-likeness (QED) is 0.556. The number of thiazole rings is 1. The topological polar surface area (TPSA) is 37.3 Å². The Morgan fingerprint density at radius 1 is 1.24 bits per heavy atom. The number of benzene rings is 1. The van der Waals surface area contributed by atoms with Crippen LogP contribution in [0.2, 0.25) is 0 Å². The van der Waals surface area contributed by atoms with Gasteiger partial charge in [0.05, 0.1) is 16.8 Å². The highest BCUT2D eigenvalue weighted by molar-refractivity contribution is 7.17. The zero-order chi connectivity index (χ0) is 14.7. The lowest BCUT2D eigenvalue weighted by molar-refractivity contribution is 0.628. The predicted molar refractivity (Wildman–Crippen MR) is 87.8 cm³/mol. The highest BCUT2D eigenvalue weighted by Crippen LogP contribution is 2.32. The Hall–Kier alpha value is -2.05. The minimum atomic E-state index is -0.253. The molecule has 0 fully saturated rings. The molecule has 0 spiro atoms. The third-order valence-corrected chi connectivity index (χ3v) is 4.55. The summed E-state index contributed by atoms with van der Waals surface area (Å²) in [5, 5.41) is 6.91. The van der Waals surface area contributed by atoms with Gasteiger partial charge in [0, 0.05) is 4.88 Å². The summed E-state index contributed by atoms with van der Waals surface area (Å²) in [6, 6.07) is 10.2. The maximum atomic E-state index is 12.8. The number of hydrazone groups is 1. The van der Waals surface area contributed by atoms with Gasteiger partial charge in [0.15, 0.2) is 0 Å². The van der Waals surface area contributed by atoms with Crippen molar-refractivity contribution in [1.29, 1.82) is 0 Å². The van der Waals surface area contributed by atoms with Crippen molar-refractivity contribution in [2.75, 3.05) is 5.43 Å². The van der Waals surface area contributed by atoms with E-state index in [1.54, 1.807) is 41.0 Å². The van der Waals surface area contributed by atoms with Gasteiger partial charge in [-0.2, -0.15) is 5.10 Å². The summed E-state index contributed by atoms with van der Waals surface area (Å²) in [4.78, 5) is 6.84. The number of anilines is 1. The number of rotatable bonds is 4. The van der Waals surface area contributed by atoms with E-state index in [4.69, 9.17) is 0 Å². The van der Waals surface area contributed by atoms with Crippen LogP contribution in [-0.2, 0) is 0 Å². The molecule has 0 aliphatic carbocycles. The second kappa shape index (κ2) is 6.15. The average Bonchev–Trinajstić information content (AvgIpc) is 3.10. The Bertz CT molecular complexity index is 746. The monoisotopic (exact) mass is 317 g/mol. The molecule has 0 unspecified atom stereocenters. The molecule has 106 valence electrons. The molecule has 0 amide bonds. The molecule has 1 N–H and O–H groups in total. The van der Waals surface area contributed by atoms with Crippen molar-refractivity contribution in [2.45, 2.75) is 6.92 Å². The number of hydrogen-bond donors (Lipinski definition) is 1. The van der Waals surface area contributed by atoms with Crippen LogP contribution in [0, 0.1) is 12.7 Å². The van der Waals surface area contributed by atoms with Crippen LogP contribution in [0.1, 0.15) is 10.4 Å². The van der Waals surface area contributed by atoms with Crippen LogP contribution >= 0.6 is 22.7 Å². The molecule has 0 bridgehead atoms. The normalized spacial score (nSPS) is 11.1. The van der Waals surface area contributed by atoms with E-state index in [2.05, 4.69) is 21.6 Å². The maximum absolute atomic E-state index is 12.8. The summed E-state index contributed by atoms with van der Waals surface area (Å²) in [5.74, 6) is -0.253. The van der Waals surface area contributed by atoms with Crippen molar-refractivity contribution < 1.29 is 4.39 Å². The van der Waals surface area contributed by atoms with Crippen LogP contribution in [0.25, 0.3) is 10.6 Å². The Labute approximate surface area is 129 Å². The molecule has 0 aliphatic heterocycles. The van der Waals surface area contributed by atoms with Crippen molar-refractivity contribution in [3.63, 3.8) is 0 Å². The molecule has 21 heavy (non-hydrogen) atoms. The molecule has 0 aliphatic rings. The van der Waals surface area contributed by atoms with Gasteiger partial charge in [-0.25, -0.2) is 9.37 Å². The lowest BCUT2D eigenvalue weighted by atomic mass is 10.2. The lowest BCUT2D eigenvalue weighted by Gasteiger charge is -1.94. The van der Waals surface area contributed by atoms with E-state index in [0.717, 1.165) is 26.1 Å². The first-order valence-electron chi connectivity index (χ1n) is 6.28. The van der Waals surface area contributed by atoms with Gasteiger partial charge >= 0.3 is 0 Å². The van der Waals surface area contributed by atoms with Gasteiger partial charge in [0.1, 0.15) is 5.82 Å². The molecule has 2 heterocycles. The first-order chi connectivity index (χ1) is 10.2. The van der Waals surface area contributed by atoms with Gasteiger partial charge in [-0.3, -0.25) is 5.43 Å². The van der Waals surface area contributed by atoms with Gasteiger partial charge < -0.3 is 0 Å². The molecule has 0 atom stereocenters. The molecular formula is C15H12FN3S2. The molecule has 2 aromatic heterocycles. The van der Waals surface area contributed by atoms with E-state index in [-0.39, 0.29) is 5.82 Å². The van der Waals surface area contributed by atoms with Gasteiger partial charge in [-0.15, -0.1) is 22.7 Å². The summed E-state index contributed by atoms with van der Waals surface area (Å²) in [6.45, 7) is 2.04. The summed E-state index contributed by atoms with van der Waals surface area (Å²) in [7, 11) is 0. The largest absolute Gasteiger partial charge is 0.253 e. The fourth-order valence-electron chi connectivity index (χ4n) is 1.80. The third-order valence-electron chi connectivity index (χ3n) is 2.79. The summed E-state index contributed by atoms with van der Waals surface area (Å²) >= 11 is 3.23. The highest BCUT2D eigenvalue weighted by Gasteiger charge is 2.09. The standard InChI is InChI=1S/C15H12FN3S2/c1-10-14(13-3-2-8-20-13)18-15(21-10)19-17-9-11-4-6-12(16)7-5-11/h2-9H,1H3,(H,18,19)/b17-9-. The van der Waals surface area contributed by atoms with Crippen LogP contribution < -0.4 is 5.43 Å². The van der Waals surface area contributed by atoms with Gasteiger partial charge in [-0.05, 0) is 36.1 Å². The predicted octanol–water partition coefficient (Wildman–Crippen LogP) is 4.77. The van der Waals surface area contributed by atoms with Crippen molar-refractivity contribution >= 4 is 34.0 Å². The van der Waals surface area contributed by atoms with Crippen LogP contribution in [0.3, 0.4) is 0 Å². The Balaban J connectivity index is 1.71. The number of nitrogens with one attached hydrogen (secondary N) is 1. The second-order valence-corrected chi connectivity index (χ2v) is 6.47. The number of halogens is 1. The van der Waals surface area contributed by atoms with Gasteiger partial charge in [0.25, 0.3) is 0 Å². The van der Waals surface area contributed by atoms with Crippen molar-refractivity contribution in [2.24, 2.45) is 5.10 Å². The molecule has 0 saturated carbocycles. The molecule has 3 nitrogen and oxygen atoms in total. The van der Waals surface area contributed by atoms with E-state index in [1.807, 2.05) is 18.4 Å². The smallest absolute Gasteiger partial charge is 0.204 e. The number of aryl methyl sites for hydroxylation is 1. The van der Waals surface area contributed by atoms with E-state index in [0.29, 0.717) is 0 Å². The van der Waals surface area contributed by atoms with Crippen molar-refractivity contribution in [1.82, 2.24) is 4.98 Å². The Morgan fingerprint density at radius 2 is 2.05 bits per heavy atom. The van der Waals surface area contributed by atoms with Crippen molar-refractivity contribution in [3.8, 4) is 10.6 Å². The minimum Gasteiger partial charge on any atom is -0.253 e. The van der Waals surface area contributed by atoms with Crippen LogP contribution in [-0.4, -0.2) is 11.2 Å². The molecule has 3 rings (SSSR count). The Morgan fingerprint density at radius 3 is 2.76 bits per heavy atom. The van der Waals surface area contributed by atoms with Crippen LogP contribution in [0.15, 0.2) is 46.9 Å². The van der Waals surface area contributed by atoms with E-state index >= 15 is 0 Å². The van der Waals surface area contributed by atoms with E-state index in [9.17, 15) is 4.39 Å². The second-order valence-electron chi connectivity index (χ2n) is 4.32. The molecule has 0 saturated heterocycles. The van der Waals surface area contributed by atoms with Crippen molar-refractivity contribution in [3.05, 3.63) is 58.0 Å².